The van der Waals surface area contributed by atoms with E-state index in [0.717, 1.165) is 41.5 Å². The van der Waals surface area contributed by atoms with Crippen molar-refractivity contribution in [3.05, 3.63) is 101 Å². The number of carbonyl (C=O) groups excluding carboxylic acids is 2. The number of rotatable bonds is 6. The molecule has 0 saturated carbocycles. The molecule has 206 valence electrons. The molecule has 4 rings (SSSR count). The predicted molar refractivity (Wildman–Crippen MR) is 154 cm³/mol. The fourth-order valence-electron chi connectivity index (χ4n) is 5.14. The highest BCUT2D eigenvalue weighted by atomic mass is 16.5. The minimum atomic E-state index is -0.201. The number of benzene rings is 3. The van der Waals surface area contributed by atoms with Gasteiger partial charge in [0.25, 0.3) is 11.8 Å². The summed E-state index contributed by atoms with van der Waals surface area (Å²) < 4.78 is 11.7. The highest BCUT2D eigenvalue weighted by Gasteiger charge is 2.28. The van der Waals surface area contributed by atoms with Crippen molar-refractivity contribution in [3.8, 4) is 5.75 Å². The summed E-state index contributed by atoms with van der Waals surface area (Å²) in [6.45, 7) is 6.61. The topological polar surface area (TPSA) is 59.1 Å². The lowest BCUT2D eigenvalue weighted by molar-refractivity contribution is 0.0604. The average Bonchev–Trinajstić information content (AvgIpc) is 2.97. The molecule has 6 heteroatoms. The molecule has 3 aromatic carbocycles. The molecular weight excluding hydrogens is 488 g/mol. The third-order valence-electron chi connectivity index (χ3n) is 7.58. The molecule has 39 heavy (non-hydrogen) atoms. The maximum atomic E-state index is 14.1. The normalized spacial score (nSPS) is 16.9. The maximum Gasteiger partial charge on any atom is 0.257 e. The summed E-state index contributed by atoms with van der Waals surface area (Å²) in [6, 6.07) is 23.4. The predicted octanol–water partition coefficient (Wildman–Crippen LogP) is 5.71. The van der Waals surface area contributed by atoms with Gasteiger partial charge in [-0.05, 0) is 74.4 Å². The molecule has 0 aliphatic carbocycles. The van der Waals surface area contributed by atoms with Crippen molar-refractivity contribution >= 4 is 11.8 Å². The number of aryl methyl sites for hydroxylation is 1. The second kappa shape index (κ2) is 13.9. The number of nitrogens with zero attached hydrogens (tertiary/aromatic N) is 2. The van der Waals surface area contributed by atoms with Gasteiger partial charge in [-0.3, -0.25) is 9.59 Å². The van der Waals surface area contributed by atoms with Crippen LogP contribution < -0.4 is 4.74 Å². The minimum Gasteiger partial charge on any atom is -0.491 e. The molecule has 1 aliphatic heterocycles. The van der Waals surface area contributed by atoms with Gasteiger partial charge in [0, 0.05) is 32.3 Å². The van der Waals surface area contributed by atoms with E-state index in [0.29, 0.717) is 44.0 Å². The Kier molecular flexibility index (Phi) is 10.1. The van der Waals surface area contributed by atoms with E-state index in [2.05, 4.69) is 12.1 Å². The minimum absolute atomic E-state index is 0.0293. The van der Waals surface area contributed by atoms with E-state index in [1.165, 1.54) is 0 Å². The molecule has 2 amide bonds. The summed E-state index contributed by atoms with van der Waals surface area (Å²) in [5.41, 5.74) is 4.53. The SMILES string of the molecule is COCCN1CCCCCN(C(=O)c2cccc(C)c2C)[C@@H](Cc2ccccc2)COc2ccccc2C1=O. The van der Waals surface area contributed by atoms with Crippen LogP contribution in [0.15, 0.2) is 72.8 Å². The average molecular weight is 529 g/mol. The first-order valence-corrected chi connectivity index (χ1v) is 13.9. The van der Waals surface area contributed by atoms with Crippen LogP contribution >= 0.6 is 0 Å². The first-order valence-electron chi connectivity index (χ1n) is 13.9. The lowest BCUT2D eigenvalue weighted by Gasteiger charge is -2.33. The van der Waals surface area contributed by atoms with E-state index in [9.17, 15) is 9.59 Å². The van der Waals surface area contributed by atoms with Crippen LogP contribution in [0.2, 0.25) is 0 Å². The molecule has 0 unspecified atom stereocenters. The van der Waals surface area contributed by atoms with Gasteiger partial charge in [0.2, 0.25) is 0 Å². The van der Waals surface area contributed by atoms with Gasteiger partial charge in [0.15, 0.2) is 0 Å². The smallest absolute Gasteiger partial charge is 0.257 e. The van der Waals surface area contributed by atoms with E-state index in [4.69, 9.17) is 9.47 Å². The number of para-hydroxylation sites is 1. The van der Waals surface area contributed by atoms with Gasteiger partial charge in [-0.25, -0.2) is 0 Å². The number of hydrogen-bond donors (Lipinski definition) is 0. The summed E-state index contributed by atoms with van der Waals surface area (Å²) in [6.07, 6.45) is 3.27. The standard InChI is InChI=1S/C33H40N2O4/c1-25-13-12-17-29(26(25)2)33(37)35-20-11-5-10-19-34(21-22-38-3)32(36)30-16-8-9-18-31(30)39-24-28(35)23-27-14-6-4-7-15-27/h4,6-9,12-18,28H,5,10-11,19-24H2,1-3H3/t28-/m0/s1. The van der Waals surface area contributed by atoms with Crippen LogP contribution in [-0.2, 0) is 11.2 Å². The molecule has 0 saturated heterocycles. The van der Waals surface area contributed by atoms with Crippen LogP contribution in [0.25, 0.3) is 0 Å². The van der Waals surface area contributed by atoms with Crippen LogP contribution in [0.5, 0.6) is 5.75 Å². The van der Waals surface area contributed by atoms with Crippen LogP contribution in [0.3, 0.4) is 0 Å². The fourth-order valence-corrected chi connectivity index (χ4v) is 5.14. The van der Waals surface area contributed by atoms with Crippen molar-refractivity contribution in [1.82, 2.24) is 9.80 Å². The Morgan fingerprint density at radius 2 is 1.67 bits per heavy atom. The van der Waals surface area contributed by atoms with Crippen molar-refractivity contribution in [2.75, 3.05) is 40.0 Å². The van der Waals surface area contributed by atoms with E-state index in [1.807, 2.05) is 84.3 Å². The second-order valence-corrected chi connectivity index (χ2v) is 10.2. The van der Waals surface area contributed by atoms with Gasteiger partial charge in [-0.15, -0.1) is 0 Å². The Morgan fingerprint density at radius 1 is 0.923 bits per heavy atom. The van der Waals surface area contributed by atoms with E-state index < -0.39 is 0 Å². The summed E-state index contributed by atoms with van der Waals surface area (Å²) in [4.78, 5) is 31.5. The van der Waals surface area contributed by atoms with Crippen molar-refractivity contribution < 1.29 is 19.1 Å². The highest BCUT2D eigenvalue weighted by molar-refractivity contribution is 5.97. The van der Waals surface area contributed by atoms with Gasteiger partial charge in [-0.1, -0.05) is 54.6 Å². The largest absolute Gasteiger partial charge is 0.491 e. The Bertz CT molecular complexity index is 1240. The highest BCUT2D eigenvalue weighted by Crippen LogP contribution is 2.24. The lowest BCUT2D eigenvalue weighted by Crippen LogP contribution is -2.46. The van der Waals surface area contributed by atoms with Crippen molar-refractivity contribution in [2.24, 2.45) is 0 Å². The van der Waals surface area contributed by atoms with Crippen molar-refractivity contribution in [3.63, 3.8) is 0 Å². The molecule has 1 atom stereocenters. The van der Waals surface area contributed by atoms with Crippen molar-refractivity contribution in [2.45, 2.75) is 45.6 Å². The second-order valence-electron chi connectivity index (χ2n) is 10.2. The van der Waals surface area contributed by atoms with Gasteiger partial charge < -0.3 is 19.3 Å². The summed E-state index contributed by atoms with van der Waals surface area (Å²) >= 11 is 0. The molecule has 0 fully saturated rings. The number of carbonyl (C=O) groups is 2. The molecule has 6 nitrogen and oxygen atoms in total. The third-order valence-corrected chi connectivity index (χ3v) is 7.58. The van der Waals surface area contributed by atoms with Gasteiger partial charge in [-0.2, -0.15) is 0 Å². The van der Waals surface area contributed by atoms with Crippen molar-refractivity contribution in [1.29, 1.82) is 0 Å². The van der Waals surface area contributed by atoms with Crippen LogP contribution in [0.1, 0.15) is 56.7 Å². The van der Waals surface area contributed by atoms with Gasteiger partial charge >= 0.3 is 0 Å². The molecular formula is C33H40N2O4. The number of ether oxygens (including phenoxy) is 2. The van der Waals surface area contributed by atoms with E-state index in [-0.39, 0.29) is 24.5 Å². The summed E-state index contributed by atoms with van der Waals surface area (Å²) in [5, 5.41) is 0. The fraction of sp³-hybridized carbons (Fsp3) is 0.394. The Morgan fingerprint density at radius 3 is 2.46 bits per heavy atom. The zero-order chi connectivity index (χ0) is 27.6. The third kappa shape index (κ3) is 7.27. The van der Waals surface area contributed by atoms with Crippen LogP contribution in [-0.4, -0.2) is 67.6 Å². The number of methoxy groups -OCH3 is 1. The first kappa shape index (κ1) is 28.4. The molecule has 1 aliphatic rings. The van der Waals surface area contributed by atoms with Gasteiger partial charge in [0.1, 0.15) is 12.4 Å². The van der Waals surface area contributed by atoms with E-state index in [1.54, 1.807) is 7.11 Å². The number of fused-ring (bicyclic) bond motifs is 1. The van der Waals surface area contributed by atoms with Crippen LogP contribution in [0, 0.1) is 13.8 Å². The Hall–Kier alpha value is -3.64. The number of hydrogen-bond acceptors (Lipinski definition) is 4. The summed E-state index contributed by atoms with van der Waals surface area (Å²) in [5.74, 6) is 0.521. The molecule has 0 spiro atoms. The van der Waals surface area contributed by atoms with Gasteiger partial charge in [0.05, 0.1) is 18.2 Å². The molecule has 0 radical (unpaired) electrons. The zero-order valence-corrected chi connectivity index (χ0v) is 23.4. The monoisotopic (exact) mass is 528 g/mol. The molecule has 1 heterocycles. The number of amides is 2. The Labute approximate surface area is 232 Å². The van der Waals surface area contributed by atoms with E-state index >= 15 is 0 Å². The molecule has 0 bridgehead atoms. The molecule has 3 aromatic rings. The molecule has 0 N–H and O–H groups in total. The van der Waals surface area contributed by atoms with Crippen LogP contribution in [0.4, 0.5) is 0 Å². The zero-order valence-electron chi connectivity index (χ0n) is 23.4. The first-order chi connectivity index (χ1) is 19.0. The summed E-state index contributed by atoms with van der Waals surface area (Å²) in [7, 11) is 1.65. The molecule has 0 aromatic heterocycles. The maximum absolute atomic E-state index is 14.1. The lowest BCUT2D eigenvalue weighted by atomic mass is 9.99. The Balaban J connectivity index is 1.70. The quantitative estimate of drug-likeness (QED) is 0.411.